The molecule has 0 spiro atoms. The summed E-state index contributed by atoms with van der Waals surface area (Å²) in [5, 5.41) is 13.5. The van der Waals surface area contributed by atoms with Crippen molar-refractivity contribution in [3.63, 3.8) is 0 Å². The van der Waals surface area contributed by atoms with Crippen LogP contribution in [0.15, 0.2) is 0 Å². The average Bonchev–Trinajstić information content (AvgIpc) is 2.38. The molecule has 0 radical (unpaired) electrons. The van der Waals surface area contributed by atoms with E-state index in [9.17, 15) is 9.90 Å². The van der Waals surface area contributed by atoms with Crippen LogP contribution in [0.2, 0.25) is 0 Å². The van der Waals surface area contributed by atoms with Gasteiger partial charge >= 0.3 is 6.09 Å². The molecule has 2 N–H and O–H groups in total. The van der Waals surface area contributed by atoms with Gasteiger partial charge in [0.25, 0.3) is 0 Å². The standard InChI is InChI=1S/C17H32N2O3/c1-11-12(18-13-10-14(20)17(13,5)6)8-7-9-19(11)15(21)22-16(2,3)4/h11-14,18,20H,7-10H2,1-6H3. The molecule has 128 valence electrons. The number of rotatable bonds is 2. The molecule has 2 rings (SSSR count). The Hall–Kier alpha value is -0.810. The second-order valence-corrected chi connectivity index (χ2v) is 8.46. The number of ether oxygens (including phenoxy) is 1. The Labute approximate surface area is 134 Å². The molecule has 5 heteroatoms. The summed E-state index contributed by atoms with van der Waals surface area (Å²) in [7, 11) is 0. The van der Waals surface area contributed by atoms with E-state index in [2.05, 4.69) is 26.1 Å². The monoisotopic (exact) mass is 312 g/mol. The summed E-state index contributed by atoms with van der Waals surface area (Å²) < 4.78 is 5.52. The van der Waals surface area contributed by atoms with Gasteiger partial charge in [0.15, 0.2) is 0 Å². The van der Waals surface area contributed by atoms with Gasteiger partial charge < -0.3 is 20.1 Å². The van der Waals surface area contributed by atoms with Crippen molar-refractivity contribution in [3.05, 3.63) is 0 Å². The summed E-state index contributed by atoms with van der Waals surface area (Å²) in [6, 6.07) is 0.684. The number of aliphatic hydroxyl groups excluding tert-OH is 1. The first-order valence-electron chi connectivity index (χ1n) is 8.46. The Morgan fingerprint density at radius 1 is 1.36 bits per heavy atom. The number of carbonyl (C=O) groups is 1. The third-order valence-corrected chi connectivity index (χ3v) is 5.25. The minimum Gasteiger partial charge on any atom is -0.444 e. The Morgan fingerprint density at radius 3 is 2.50 bits per heavy atom. The maximum atomic E-state index is 12.4. The van der Waals surface area contributed by atoms with Crippen LogP contribution in [0.4, 0.5) is 4.79 Å². The van der Waals surface area contributed by atoms with Crippen LogP contribution >= 0.6 is 0 Å². The number of carbonyl (C=O) groups excluding carboxylic acids is 1. The number of amides is 1. The number of nitrogens with zero attached hydrogens (tertiary/aromatic N) is 1. The third-order valence-electron chi connectivity index (χ3n) is 5.25. The highest BCUT2D eigenvalue weighted by Gasteiger charge is 2.48. The normalized spacial score (nSPS) is 35.0. The summed E-state index contributed by atoms with van der Waals surface area (Å²) in [6.45, 7) is 12.7. The summed E-state index contributed by atoms with van der Waals surface area (Å²) >= 11 is 0. The zero-order valence-electron chi connectivity index (χ0n) is 14.8. The average molecular weight is 312 g/mol. The van der Waals surface area contributed by atoms with Crippen LogP contribution in [0.5, 0.6) is 0 Å². The summed E-state index contributed by atoms with van der Waals surface area (Å²) in [5.74, 6) is 0. The Morgan fingerprint density at radius 2 is 2.00 bits per heavy atom. The van der Waals surface area contributed by atoms with Crippen molar-refractivity contribution in [2.45, 2.75) is 90.6 Å². The van der Waals surface area contributed by atoms with Crippen LogP contribution in [0.3, 0.4) is 0 Å². The quantitative estimate of drug-likeness (QED) is 0.822. The first kappa shape index (κ1) is 17.5. The molecular formula is C17H32N2O3. The van der Waals surface area contributed by atoms with Crippen LogP contribution in [0, 0.1) is 5.41 Å². The lowest BCUT2D eigenvalue weighted by Crippen LogP contribution is -2.65. The lowest BCUT2D eigenvalue weighted by atomic mass is 9.64. The molecule has 1 amide bonds. The highest BCUT2D eigenvalue weighted by molar-refractivity contribution is 5.68. The topological polar surface area (TPSA) is 61.8 Å². The fourth-order valence-corrected chi connectivity index (χ4v) is 3.39. The molecule has 5 nitrogen and oxygen atoms in total. The van der Waals surface area contributed by atoms with Crippen molar-refractivity contribution in [3.8, 4) is 0 Å². The predicted molar refractivity (Wildman–Crippen MR) is 86.8 cm³/mol. The maximum Gasteiger partial charge on any atom is 0.410 e. The lowest BCUT2D eigenvalue weighted by molar-refractivity contribution is -0.0810. The number of hydrogen-bond donors (Lipinski definition) is 2. The van der Waals surface area contributed by atoms with Gasteiger partial charge in [0.2, 0.25) is 0 Å². The van der Waals surface area contributed by atoms with Gasteiger partial charge in [0, 0.05) is 30.1 Å². The Kier molecular flexibility index (Phi) is 4.79. The maximum absolute atomic E-state index is 12.4. The molecule has 0 bridgehead atoms. The highest BCUT2D eigenvalue weighted by atomic mass is 16.6. The van der Waals surface area contributed by atoms with Crippen LogP contribution in [-0.4, -0.2) is 52.5 Å². The Bertz CT molecular complexity index is 417. The van der Waals surface area contributed by atoms with E-state index in [0.29, 0.717) is 6.04 Å². The molecule has 4 atom stereocenters. The lowest BCUT2D eigenvalue weighted by Gasteiger charge is -2.52. The van der Waals surface area contributed by atoms with E-state index in [1.807, 2.05) is 25.7 Å². The molecule has 1 heterocycles. The third kappa shape index (κ3) is 3.57. The van der Waals surface area contributed by atoms with Crippen molar-refractivity contribution >= 4 is 6.09 Å². The zero-order valence-corrected chi connectivity index (χ0v) is 14.8. The van der Waals surface area contributed by atoms with Crippen molar-refractivity contribution < 1.29 is 14.6 Å². The molecule has 1 aliphatic heterocycles. The minimum atomic E-state index is -0.461. The van der Waals surface area contributed by atoms with Gasteiger partial charge in [-0.25, -0.2) is 4.79 Å². The smallest absolute Gasteiger partial charge is 0.410 e. The molecule has 2 aliphatic rings. The van der Waals surface area contributed by atoms with Crippen molar-refractivity contribution in [1.29, 1.82) is 0 Å². The fourth-order valence-electron chi connectivity index (χ4n) is 3.39. The molecule has 1 saturated heterocycles. The van der Waals surface area contributed by atoms with Crippen LogP contribution in [0.25, 0.3) is 0 Å². The second-order valence-electron chi connectivity index (χ2n) is 8.46. The predicted octanol–water partition coefficient (Wildman–Crippen LogP) is 2.52. The summed E-state index contributed by atoms with van der Waals surface area (Å²) in [5.41, 5.74) is -0.550. The molecule has 1 aliphatic carbocycles. The summed E-state index contributed by atoms with van der Waals surface area (Å²) in [6.07, 6.45) is 2.38. The molecule has 0 aromatic carbocycles. The van der Waals surface area contributed by atoms with Crippen LogP contribution < -0.4 is 5.32 Å². The number of hydrogen-bond acceptors (Lipinski definition) is 4. The summed E-state index contributed by atoms with van der Waals surface area (Å²) in [4.78, 5) is 14.2. The SMILES string of the molecule is CC1C(NC2CC(O)C2(C)C)CCCN1C(=O)OC(C)(C)C. The molecule has 4 unspecified atom stereocenters. The Balaban J connectivity index is 1.96. The van der Waals surface area contributed by atoms with Gasteiger partial charge in [-0.1, -0.05) is 13.8 Å². The van der Waals surface area contributed by atoms with Gasteiger partial charge in [0.05, 0.1) is 6.10 Å². The molecule has 2 fully saturated rings. The molecular weight excluding hydrogens is 280 g/mol. The molecule has 0 aromatic rings. The minimum absolute atomic E-state index is 0.0894. The van der Waals surface area contributed by atoms with E-state index < -0.39 is 5.60 Å². The van der Waals surface area contributed by atoms with E-state index in [1.165, 1.54) is 0 Å². The van der Waals surface area contributed by atoms with Crippen molar-refractivity contribution in [1.82, 2.24) is 10.2 Å². The first-order valence-corrected chi connectivity index (χ1v) is 8.46. The van der Waals surface area contributed by atoms with Crippen molar-refractivity contribution in [2.24, 2.45) is 5.41 Å². The van der Waals surface area contributed by atoms with Gasteiger partial charge in [-0.2, -0.15) is 0 Å². The molecule has 1 saturated carbocycles. The van der Waals surface area contributed by atoms with E-state index >= 15 is 0 Å². The van der Waals surface area contributed by atoms with Crippen LogP contribution in [0.1, 0.15) is 60.8 Å². The number of aliphatic hydroxyl groups is 1. The van der Waals surface area contributed by atoms with Crippen molar-refractivity contribution in [2.75, 3.05) is 6.54 Å². The number of nitrogens with one attached hydrogen (secondary N) is 1. The van der Waals surface area contributed by atoms with Crippen LogP contribution in [-0.2, 0) is 4.74 Å². The van der Waals surface area contributed by atoms with Gasteiger partial charge in [-0.05, 0) is 47.0 Å². The number of likely N-dealkylation sites (tertiary alicyclic amines) is 1. The van der Waals surface area contributed by atoms with E-state index in [1.54, 1.807) is 0 Å². The van der Waals surface area contributed by atoms with E-state index in [4.69, 9.17) is 4.74 Å². The fraction of sp³-hybridized carbons (Fsp3) is 0.941. The number of piperidine rings is 1. The van der Waals surface area contributed by atoms with E-state index in [0.717, 1.165) is 25.8 Å². The first-order chi connectivity index (χ1) is 10.0. The van der Waals surface area contributed by atoms with Gasteiger partial charge in [-0.3, -0.25) is 0 Å². The largest absolute Gasteiger partial charge is 0.444 e. The molecule has 22 heavy (non-hydrogen) atoms. The zero-order chi connectivity index (χ0) is 16.7. The second kappa shape index (κ2) is 6.00. The van der Waals surface area contributed by atoms with E-state index in [-0.39, 0.29) is 29.7 Å². The highest BCUT2D eigenvalue weighted by Crippen LogP contribution is 2.41. The molecule has 0 aromatic heterocycles. The van der Waals surface area contributed by atoms with Gasteiger partial charge in [0.1, 0.15) is 5.60 Å². The van der Waals surface area contributed by atoms with Gasteiger partial charge in [-0.15, -0.1) is 0 Å².